The van der Waals surface area contributed by atoms with Crippen LogP contribution in [0.1, 0.15) is 76.5 Å². The third-order valence-electron chi connectivity index (χ3n) is 9.02. The monoisotopic (exact) mass is 528 g/mol. The third-order valence-corrected chi connectivity index (χ3v) is 9.02. The second kappa shape index (κ2) is 11.8. The summed E-state index contributed by atoms with van der Waals surface area (Å²) in [5, 5.41) is 10.8. The highest BCUT2D eigenvalue weighted by atomic mass is 16.1. The molecule has 4 N–H and O–H groups in total. The van der Waals surface area contributed by atoms with E-state index in [1.54, 1.807) is 0 Å². The molecule has 39 heavy (non-hydrogen) atoms. The maximum atomic E-state index is 12.4. The number of aryl methyl sites for hydroxylation is 2. The summed E-state index contributed by atoms with van der Waals surface area (Å²) in [5.74, 6) is 0.923. The first-order valence-corrected chi connectivity index (χ1v) is 14.5. The van der Waals surface area contributed by atoms with Crippen LogP contribution >= 0.6 is 0 Å². The van der Waals surface area contributed by atoms with Gasteiger partial charge < -0.3 is 20.9 Å². The molecular weight excluding hydrogens is 484 g/mol. The second-order valence-corrected chi connectivity index (χ2v) is 11.8. The number of amides is 1. The maximum absolute atomic E-state index is 12.4. The summed E-state index contributed by atoms with van der Waals surface area (Å²) in [6, 6.07) is 13.8. The van der Waals surface area contributed by atoms with Gasteiger partial charge in [0.15, 0.2) is 5.82 Å². The largest absolute Gasteiger partial charge is 0.371 e. The van der Waals surface area contributed by atoms with Crippen LogP contribution in [0, 0.1) is 26.7 Å². The van der Waals surface area contributed by atoms with Crippen LogP contribution in [-0.4, -0.2) is 53.2 Å². The van der Waals surface area contributed by atoms with Crippen molar-refractivity contribution in [2.45, 2.75) is 72.4 Å². The number of anilines is 2. The standard InChI is InChI=1S/C32H44N6O/c1-21-9-13-37(14-10-21)28-11-15-38(16-12-28)27-7-5-25(6-8-27)19-29-30(31(33)39)32(36-35-29)34-20-26-17-22(2)24(4)23(3)18-26/h5-8,17-18,21,28H,9-16,19-20H2,1-4H3,(H2,33,39)(H2,34,35,36). The molecule has 0 radical (unpaired) electrons. The van der Waals surface area contributed by atoms with Crippen molar-refractivity contribution in [1.82, 2.24) is 15.1 Å². The first-order chi connectivity index (χ1) is 18.8. The van der Waals surface area contributed by atoms with Crippen LogP contribution in [0.5, 0.6) is 0 Å². The lowest BCUT2D eigenvalue weighted by Gasteiger charge is -2.42. The number of aromatic amines is 1. The Morgan fingerprint density at radius 2 is 1.62 bits per heavy atom. The fourth-order valence-corrected chi connectivity index (χ4v) is 6.22. The number of hydrogen-bond acceptors (Lipinski definition) is 5. The molecule has 3 aromatic rings. The summed E-state index contributed by atoms with van der Waals surface area (Å²) in [4.78, 5) is 17.6. The van der Waals surface area contributed by atoms with Crippen molar-refractivity contribution in [3.63, 3.8) is 0 Å². The number of piperidine rings is 2. The van der Waals surface area contributed by atoms with Crippen molar-refractivity contribution in [3.05, 3.63) is 75.5 Å². The number of nitrogens with two attached hydrogens (primary N) is 1. The predicted molar refractivity (Wildman–Crippen MR) is 160 cm³/mol. The minimum absolute atomic E-state index is 0.439. The molecule has 1 amide bonds. The van der Waals surface area contributed by atoms with Gasteiger partial charge in [-0.15, -0.1) is 0 Å². The molecule has 2 aliphatic rings. The zero-order valence-corrected chi connectivity index (χ0v) is 24.0. The number of hydrogen-bond donors (Lipinski definition) is 3. The third kappa shape index (κ3) is 6.30. The van der Waals surface area contributed by atoms with Gasteiger partial charge in [-0.25, -0.2) is 0 Å². The Labute approximate surface area is 233 Å². The van der Waals surface area contributed by atoms with Crippen LogP contribution in [0.3, 0.4) is 0 Å². The van der Waals surface area contributed by atoms with E-state index >= 15 is 0 Å². The molecule has 0 spiro atoms. The number of carbonyl (C=O) groups excluding carboxylic acids is 1. The topological polar surface area (TPSA) is 90.3 Å². The molecule has 7 heteroatoms. The van der Waals surface area contributed by atoms with Crippen LogP contribution in [-0.2, 0) is 13.0 Å². The Morgan fingerprint density at radius 1 is 0.974 bits per heavy atom. The Kier molecular flexibility index (Phi) is 8.26. The van der Waals surface area contributed by atoms with E-state index in [0.717, 1.165) is 41.9 Å². The van der Waals surface area contributed by atoms with Crippen LogP contribution in [0.4, 0.5) is 11.5 Å². The molecule has 208 valence electrons. The number of nitrogens with zero attached hydrogens (tertiary/aromatic N) is 3. The zero-order chi connectivity index (χ0) is 27.5. The van der Waals surface area contributed by atoms with Gasteiger partial charge in [0.1, 0.15) is 5.56 Å². The average molecular weight is 529 g/mol. The Balaban J connectivity index is 1.19. The number of benzene rings is 2. The Bertz CT molecular complexity index is 1260. The zero-order valence-electron chi connectivity index (χ0n) is 24.0. The summed E-state index contributed by atoms with van der Waals surface area (Å²) < 4.78 is 0. The van der Waals surface area contributed by atoms with E-state index in [1.165, 1.54) is 61.2 Å². The molecule has 1 aromatic heterocycles. The quantitative estimate of drug-likeness (QED) is 0.367. The van der Waals surface area contributed by atoms with Gasteiger partial charge in [-0.1, -0.05) is 31.2 Å². The van der Waals surface area contributed by atoms with E-state index in [4.69, 9.17) is 5.73 Å². The molecule has 2 aromatic carbocycles. The fraction of sp³-hybridized carbons (Fsp3) is 0.500. The number of nitrogens with one attached hydrogen (secondary N) is 2. The molecule has 0 bridgehead atoms. The number of primary amides is 1. The summed E-state index contributed by atoms with van der Waals surface area (Å²) in [5.41, 5.74) is 14.3. The molecule has 0 aliphatic carbocycles. The van der Waals surface area contributed by atoms with Gasteiger partial charge in [-0.05, 0) is 105 Å². The van der Waals surface area contributed by atoms with Gasteiger partial charge in [0.05, 0.1) is 5.69 Å². The maximum Gasteiger partial charge on any atom is 0.254 e. The SMILES string of the molecule is Cc1cc(CNc2n[nH]c(Cc3ccc(N4CCC(N5CCC(C)CC5)CC4)cc3)c2C(N)=O)cc(C)c1C. The molecule has 7 nitrogen and oxygen atoms in total. The normalized spacial score (nSPS) is 17.5. The van der Waals surface area contributed by atoms with Crippen molar-refractivity contribution in [2.24, 2.45) is 11.7 Å². The number of H-pyrrole nitrogens is 1. The second-order valence-electron chi connectivity index (χ2n) is 11.8. The fourth-order valence-electron chi connectivity index (χ4n) is 6.22. The first kappa shape index (κ1) is 27.3. The smallest absolute Gasteiger partial charge is 0.254 e. The van der Waals surface area contributed by atoms with Crippen LogP contribution < -0.4 is 16.0 Å². The number of rotatable bonds is 8. The Morgan fingerprint density at radius 3 is 2.23 bits per heavy atom. The average Bonchev–Trinajstić information content (AvgIpc) is 3.34. The molecule has 2 saturated heterocycles. The van der Waals surface area contributed by atoms with Crippen molar-refractivity contribution in [2.75, 3.05) is 36.4 Å². The molecule has 3 heterocycles. The summed E-state index contributed by atoms with van der Waals surface area (Å²) in [6.45, 7) is 14.1. The number of carbonyl (C=O) groups is 1. The van der Waals surface area contributed by atoms with Crippen LogP contribution in [0.25, 0.3) is 0 Å². The molecule has 5 rings (SSSR count). The van der Waals surface area contributed by atoms with Gasteiger partial charge in [-0.3, -0.25) is 9.89 Å². The lowest BCUT2D eigenvalue weighted by atomic mass is 9.94. The molecular formula is C32H44N6O. The highest BCUT2D eigenvalue weighted by Crippen LogP contribution is 2.27. The van der Waals surface area contributed by atoms with Gasteiger partial charge in [-0.2, -0.15) is 5.10 Å². The van der Waals surface area contributed by atoms with E-state index in [9.17, 15) is 4.79 Å². The van der Waals surface area contributed by atoms with E-state index in [0.29, 0.717) is 24.3 Å². The van der Waals surface area contributed by atoms with Crippen LogP contribution in [0.2, 0.25) is 0 Å². The minimum Gasteiger partial charge on any atom is -0.371 e. The lowest BCUT2D eigenvalue weighted by Crippen LogP contribution is -2.47. The summed E-state index contributed by atoms with van der Waals surface area (Å²) in [6.07, 6.45) is 5.75. The Hall–Kier alpha value is -3.32. The van der Waals surface area contributed by atoms with Gasteiger partial charge in [0, 0.05) is 37.8 Å². The highest BCUT2D eigenvalue weighted by molar-refractivity contribution is 5.99. The minimum atomic E-state index is -0.472. The molecule has 0 saturated carbocycles. The van der Waals surface area contributed by atoms with E-state index in [2.05, 4.69) is 89.4 Å². The van der Waals surface area contributed by atoms with E-state index < -0.39 is 5.91 Å². The summed E-state index contributed by atoms with van der Waals surface area (Å²) in [7, 11) is 0. The number of aromatic nitrogens is 2. The first-order valence-electron chi connectivity index (χ1n) is 14.5. The molecule has 2 fully saturated rings. The van der Waals surface area contributed by atoms with Crippen molar-refractivity contribution >= 4 is 17.4 Å². The van der Waals surface area contributed by atoms with Crippen molar-refractivity contribution in [3.8, 4) is 0 Å². The van der Waals surface area contributed by atoms with Gasteiger partial charge in [0.2, 0.25) is 0 Å². The predicted octanol–water partition coefficient (Wildman–Crippen LogP) is 5.34. The molecule has 0 atom stereocenters. The van der Waals surface area contributed by atoms with E-state index in [-0.39, 0.29) is 0 Å². The van der Waals surface area contributed by atoms with E-state index in [1.807, 2.05) is 0 Å². The lowest BCUT2D eigenvalue weighted by molar-refractivity contribution is 0.100. The summed E-state index contributed by atoms with van der Waals surface area (Å²) >= 11 is 0. The highest BCUT2D eigenvalue weighted by Gasteiger charge is 2.27. The van der Waals surface area contributed by atoms with Crippen molar-refractivity contribution < 1.29 is 4.79 Å². The van der Waals surface area contributed by atoms with Gasteiger partial charge >= 0.3 is 0 Å². The van der Waals surface area contributed by atoms with Crippen molar-refractivity contribution in [1.29, 1.82) is 0 Å². The molecule has 2 aliphatic heterocycles. The molecule has 0 unspecified atom stereocenters. The van der Waals surface area contributed by atoms with Crippen LogP contribution in [0.15, 0.2) is 36.4 Å². The number of likely N-dealkylation sites (tertiary alicyclic amines) is 1. The van der Waals surface area contributed by atoms with Gasteiger partial charge in [0.25, 0.3) is 5.91 Å².